The highest BCUT2D eigenvalue weighted by molar-refractivity contribution is 5.92. The van der Waals surface area contributed by atoms with Crippen molar-refractivity contribution < 1.29 is 14.4 Å². The number of carbonyl (C=O) groups is 3. The monoisotopic (exact) mass is 482 g/mol. The minimum Gasteiger partial charge on any atom is -0.343 e. The molecule has 4 rings (SSSR count). The van der Waals surface area contributed by atoms with Crippen molar-refractivity contribution in [3.63, 3.8) is 0 Å². The molecule has 0 spiro atoms. The molecule has 1 aromatic heterocycles. The summed E-state index contributed by atoms with van der Waals surface area (Å²) in [6.07, 6.45) is 3.01. The van der Waals surface area contributed by atoms with Crippen LogP contribution in [0.4, 0.5) is 0 Å². The van der Waals surface area contributed by atoms with Crippen LogP contribution in [-0.2, 0) is 33.8 Å². The summed E-state index contributed by atoms with van der Waals surface area (Å²) in [6.45, 7) is 0.429. The minimum atomic E-state index is -0.888. The van der Waals surface area contributed by atoms with E-state index >= 15 is 0 Å². The van der Waals surface area contributed by atoms with Gasteiger partial charge in [-0.25, -0.2) is 0 Å². The van der Waals surface area contributed by atoms with E-state index < -0.39 is 18.0 Å². The molecule has 7 heteroatoms. The molecule has 0 aliphatic carbocycles. The molecule has 0 bridgehead atoms. The van der Waals surface area contributed by atoms with E-state index in [-0.39, 0.29) is 12.3 Å². The van der Waals surface area contributed by atoms with Crippen LogP contribution in [0.5, 0.6) is 0 Å². The Bertz CT molecular complexity index is 1330. The Balaban J connectivity index is 1.50. The molecule has 0 fully saturated rings. The number of para-hydroxylation sites is 1. The summed E-state index contributed by atoms with van der Waals surface area (Å²) in [5, 5.41) is 3.76. The van der Waals surface area contributed by atoms with Gasteiger partial charge in [0.2, 0.25) is 18.2 Å². The number of amides is 2. The van der Waals surface area contributed by atoms with Gasteiger partial charge >= 0.3 is 0 Å². The van der Waals surface area contributed by atoms with Crippen molar-refractivity contribution in [2.75, 3.05) is 7.05 Å². The van der Waals surface area contributed by atoms with E-state index in [2.05, 4.69) is 5.32 Å². The second-order valence-electron chi connectivity index (χ2n) is 8.93. The van der Waals surface area contributed by atoms with Crippen LogP contribution in [0.25, 0.3) is 10.9 Å². The van der Waals surface area contributed by atoms with Crippen LogP contribution in [0.1, 0.15) is 16.7 Å². The van der Waals surface area contributed by atoms with E-state index in [0.717, 1.165) is 34.0 Å². The molecule has 3 N–H and O–H groups in total. The number of rotatable bonds is 10. The number of benzene rings is 3. The fourth-order valence-corrected chi connectivity index (χ4v) is 4.39. The van der Waals surface area contributed by atoms with Gasteiger partial charge in [0.1, 0.15) is 6.04 Å². The summed E-state index contributed by atoms with van der Waals surface area (Å²) in [5.74, 6) is -0.610. The summed E-state index contributed by atoms with van der Waals surface area (Å²) in [6, 6.07) is 25.1. The van der Waals surface area contributed by atoms with E-state index in [1.54, 1.807) is 18.1 Å². The van der Waals surface area contributed by atoms with E-state index in [9.17, 15) is 14.4 Å². The molecule has 4 aromatic rings. The van der Waals surface area contributed by atoms with Crippen molar-refractivity contribution in [3.8, 4) is 0 Å². The predicted octanol–water partition coefficient (Wildman–Crippen LogP) is 2.94. The summed E-state index contributed by atoms with van der Waals surface area (Å²) in [7, 11) is 1.73. The van der Waals surface area contributed by atoms with Gasteiger partial charge in [-0.3, -0.25) is 19.0 Å². The number of hydrogen-bond donors (Lipinski definition) is 2. The maximum atomic E-state index is 13.4. The standard InChI is InChI=1S/C29H30N4O3/c1-32(18-22-12-6-3-7-13-22)29(36)26(16-21-10-4-2-5-11-21)31-28(35)25(30)17-23-19-33(20-34)27-15-9-8-14-24(23)27/h2-15,19-20,25-26H,16-18,30H2,1H3,(H,31,35)/t25-,26+/m1/s1. The highest BCUT2D eigenvalue weighted by Gasteiger charge is 2.27. The first kappa shape index (κ1) is 24.9. The van der Waals surface area contributed by atoms with Crippen LogP contribution in [0.3, 0.4) is 0 Å². The third-order valence-electron chi connectivity index (χ3n) is 6.25. The van der Waals surface area contributed by atoms with Crippen molar-refractivity contribution in [1.82, 2.24) is 14.8 Å². The number of hydrogen-bond acceptors (Lipinski definition) is 4. The van der Waals surface area contributed by atoms with Crippen molar-refractivity contribution in [2.45, 2.75) is 31.5 Å². The Morgan fingerprint density at radius 1 is 0.917 bits per heavy atom. The predicted molar refractivity (Wildman–Crippen MR) is 141 cm³/mol. The van der Waals surface area contributed by atoms with Gasteiger partial charge in [0, 0.05) is 31.6 Å². The first-order valence-electron chi connectivity index (χ1n) is 11.9. The Labute approximate surface area is 210 Å². The van der Waals surface area contributed by atoms with Crippen LogP contribution in [0.15, 0.2) is 91.1 Å². The van der Waals surface area contributed by atoms with Crippen LogP contribution < -0.4 is 11.1 Å². The molecule has 184 valence electrons. The number of aromatic nitrogens is 1. The Morgan fingerprint density at radius 2 is 1.53 bits per heavy atom. The number of likely N-dealkylation sites (N-methyl/N-ethyl adjacent to an activating group) is 1. The van der Waals surface area contributed by atoms with Gasteiger partial charge in [0.15, 0.2) is 0 Å². The Morgan fingerprint density at radius 3 is 2.19 bits per heavy atom. The SMILES string of the molecule is CN(Cc1ccccc1)C(=O)[C@H](Cc1ccccc1)NC(=O)[C@H](N)Cc1cn(C=O)c2ccccc12. The number of nitrogens with zero attached hydrogens (tertiary/aromatic N) is 2. The third kappa shape index (κ3) is 5.87. The maximum absolute atomic E-state index is 13.4. The number of nitrogens with one attached hydrogen (secondary N) is 1. The lowest BCUT2D eigenvalue weighted by molar-refractivity contribution is -0.136. The molecule has 2 atom stereocenters. The molecule has 0 aliphatic heterocycles. The molecular weight excluding hydrogens is 452 g/mol. The molecule has 0 aliphatic rings. The molecular formula is C29H30N4O3. The molecule has 36 heavy (non-hydrogen) atoms. The van der Waals surface area contributed by atoms with Crippen molar-refractivity contribution in [3.05, 3.63) is 108 Å². The zero-order chi connectivity index (χ0) is 25.5. The van der Waals surface area contributed by atoms with Gasteiger partial charge in [-0.1, -0.05) is 78.9 Å². The molecule has 2 amide bonds. The topological polar surface area (TPSA) is 97.4 Å². The summed E-state index contributed by atoms with van der Waals surface area (Å²) in [5.41, 5.74) is 9.79. The Kier molecular flexibility index (Phi) is 7.92. The molecule has 0 radical (unpaired) electrons. The maximum Gasteiger partial charge on any atom is 0.245 e. The lowest BCUT2D eigenvalue weighted by Crippen LogP contribution is -2.53. The average Bonchev–Trinajstić information content (AvgIpc) is 3.26. The zero-order valence-electron chi connectivity index (χ0n) is 20.2. The Hall–Kier alpha value is -4.23. The van der Waals surface area contributed by atoms with Gasteiger partial charge in [-0.2, -0.15) is 0 Å². The summed E-state index contributed by atoms with van der Waals surface area (Å²) >= 11 is 0. The van der Waals surface area contributed by atoms with E-state index in [4.69, 9.17) is 5.73 Å². The highest BCUT2D eigenvalue weighted by atomic mass is 16.2. The van der Waals surface area contributed by atoms with Gasteiger partial charge in [-0.05, 0) is 29.2 Å². The van der Waals surface area contributed by atoms with Crippen LogP contribution in [0.2, 0.25) is 0 Å². The number of carbonyl (C=O) groups excluding carboxylic acids is 3. The number of nitrogens with two attached hydrogens (primary N) is 1. The smallest absolute Gasteiger partial charge is 0.245 e. The zero-order valence-corrected chi connectivity index (χ0v) is 20.2. The first-order chi connectivity index (χ1) is 17.5. The average molecular weight is 483 g/mol. The van der Waals surface area contributed by atoms with Crippen molar-refractivity contribution in [2.24, 2.45) is 5.73 Å². The molecule has 1 heterocycles. The van der Waals surface area contributed by atoms with Gasteiger partial charge < -0.3 is 16.0 Å². The molecule has 0 saturated carbocycles. The normalized spacial score (nSPS) is 12.6. The molecule has 0 unspecified atom stereocenters. The second-order valence-corrected chi connectivity index (χ2v) is 8.93. The summed E-state index contributed by atoms with van der Waals surface area (Å²) in [4.78, 5) is 39.6. The minimum absolute atomic E-state index is 0.194. The van der Waals surface area contributed by atoms with Gasteiger partial charge in [0.25, 0.3) is 0 Å². The molecule has 3 aromatic carbocycles. The quantitative estimate of drug-likeness (QED) is 0.340. The lowest BCUT2D eigenvalue weighted by Gasteiger charge is -2.26. The fraction of sp³-hybridized carbons (Fsp3) is 0.207. The third-order valence-corrected chi connectivity index (χ3v) is 6.25. The number of fused-ring (bicyclic) bond motifs is 1. The fourth-order valence-electron chi connectivity index (χ4n) is 4.39. The van der Waals surface area contributed by atoms with Crippen molar-refractivity contribution in [1.29, 1.82) is 0 Å². The molecule has 7 nitrogen and oxygen atoms in total. The van der Waals surface area contributed by atoms with Crippen LogP contribution in [-0.4, -0.2) is 46.8 Å². The van der Waals surface area contributed by atoms with Crippen LogP contribution >= 0.6 is 0 Å². The second kappa shape index (κ2) is 11.5. The van der Waals surface area contributed by atoms with Crippen molar-refractivity contribution >= 4 is 29.1 Å². The van der Waals surface area contributed by atoms with Gasteiger partial charge in [-0.15, -0.1) is 0 Å². The first-order valence-corrected chi connectivity index (χ1v) is 11.9. The van der Waals surface area contributed by atoms with E-state index in [1.165, 1.54) is 4.57 Å². The van der Waals surface area contributed by atoms with E-state index in [0.29, 0.717) is 13.0 Å². The van der Waals surface area contributed by atoms with Crippen LogP contribution in [0, 0.1) is 0 Å². The summed E-state index contributed by atoms with van der Waals surface area (Å²) < 4.78 is 1.48. The lowest BCUT2D eigenvalue weighted by atomic mass is 10.0. The van der Waals surface area contributed by atoms with E-state index in [1.807, 2.05) is 84.9 Å². The molecule has 0 saturated heterocycles. The highest BCUT2D eigenvalue weighted by Crippen LogP contribution is 2.21. The van der Waals surface area contributed by atoms with Gasteiger partial charge in [0.05, 0.1) is 11.6 Å². The largest absolute Gasteiger partial charge is 0.343 e.